The lowest BCUT2D eigenvalue weighted by Crippen LogP contribution is -2.11. The first kappa shape index (κ1) is 15.8. The minimum absolute atomic E-state index is 0.114. The molecule has 0 aliphatic heterocycles. The van der Waals surface area contributed by atoms with E-state index in [0.717, 1.165) is 28.8 Å². The number of rotatable bonds is 7. The van der Waals surface area contributed by atoms with Gasteiger partial charge in [-0.1, -0.05) is 19.1 Å². The zero-order valence-electron chi connectivity index (χ0n) is 12.3. The first-order chi connectivity index (χ1) is 10.2. The number of carbonyl (C=O) groups excluding carboxylic acids is 1. The molecule has 0 amide bonds. The highest BCUT2D eigenvalue weighted by molar-refractivity contribution is 9.10. The van der Waals surface area contributed by atoms with Crippen LogP contribution in [0.3, 0.4) is 0 Å². The molecule has 0 aliphatic carbocycles. The highest BCUT2D eigenvalue weighted by Crippen LogP contribution is 2.20. The van der Waals surface area contributed by atoms with Crippen LogP contribution in [-0.4, -0.2) is 22.7 Å². The summed E-state index contributed by atoms with van der Waals surface area (Å²) in [4.78, 5) is 12.4. The molecular weight excluding hydrogens is 332 g/mol. The second kappa shape index (κ2) is 7.41. The van der Waals surface area contributed by atoms with Gasteiger partial charge in [0.2, 0.25) is 0 Å². The molecule has 0 fully saturated rings. The van der Waals surface area contributed by atoms with Gasteiger partial charge in [0.15, 0.2) is 5.78 Å². The van der Waals surface area contributed by atoms with E-state index in [0.29, 0.717) is 18.5 Å². The van der Waals surface area contributed by atoms with Crippen LogP contribution in [0.4, 0.5) is 0 Å². The van der Waals surface area contributed by atoms with Gasteiger partial charge in [0, 0.05) is 13.0 Å². The number of carbonyl (C=O) groups is 1. The average Bonchev–Trinajstić information content (AvgIpc) is 2.86. The van der Waals surface area contributed by atoms with Crippen molar-refractivity contribution in [2.75, 3.05) is 7.11 Å². The van der Waals surface area contributed by atoms with Crippen LogP contribution in [0, 0.1) is 0 Å². The van der Waals surface area contributed by atoms with Crippen molar-refractivity contribution >= 4 is 21.7 Å². The van der Waals surface area contributed by atoms with Crippen molar-refractivity contribution in [1.29, 1.82) is 0 Å². The molecule has 4 nitrogen and oxygen atoms in total. The molecule has 2 aromatic rings. The first-order valence-corrected chi connectivity index (χ1v) is 7.82. The van der Waals surface area contributed by atoms with Crippen molar-refractivity contribution in [3.63, 3.8) is 0 Å². The Morgan fingerprint density at radius 3 is 2.67 bits per heavy atom. The van der Waals surface area contributed by atoms with E-state index in [2.05, 4.69) is 28.0 Å². The molecule has 21 heavy (non-hydrogen) atoms. The fourth-order valence-electron chi connectivity index (χ4n) is 2.19. The number of methoxy groups -OCH3 is 1. The lowest BCUT2D eigenvalue weighted by Gasteiger charge is -2.07. The predicted molar refractivity (Wildman–Crippen MR) is 85.9 cm³/mol. The van der Waals surface area contributed by atoms with Gasteiger partial charge in [0.1, 0.15) is 11.4 Å². The number of ether oxygens (including phenoxy) is 1. The molecule has 0 N–H and O–H groups in total. The van der Waals surface area contributed by atoms with Gasteiger partial charge in [-0.3, -0.25) is 9.48 Å². The molecule has 1 aromatic heterocycles. The summed E-state index contributed by atoms with van der Waals surface area (Å²) in [6.07, 6.45) is 3.83. The minimum atomic E-state index is 0.114. The van der Waals surface area contributed by atoms with E-state index in [1.54, 1.807) is 18.0 Å². The van der Waals surface area contributed by atoms with E-state index in [4.69, 9.17) is 4.74 Å². The van der Waals surface area contributed by atoms with Crippen molar-refractivity contribution in [1.82, 2.24) is 9.78 Å². The van der Waals surface area contributed by atoms with Gasteiger partial charge in [0.25, 0.3) is 0 Å². The fraction of sp³-hybridized carbons (Fsp3) is 0.375. The third kappa shape index (κ3) is 3.94. The molecule has 112 valence electrons. The molecule has 2 rings (SSSR count). The first-order valence-electron chi connectivity index (χ1n) is 7.03. The third-order valence-corrected chi connectivity index (χ3v) is 3.87. The van der Waals surface area contributed by atoms with Crippen molar-refractivity contribution in [3.8, 4) is 5.75 Å². The van der Waals surface area contributed by atoms with Crippen LogP contribution in [0.1, 0.15) is 35.8 Å². The summed E-state index contributed by atoms with van der Waals surface area (Å²) in [6.45, 7) is 2.83. The quantitative estimate of drug-likeness (QED) is 0.711. The van der Waals surface area contributed by atoms with E-state index < -0.39 is 0 Å². The Morgan fingerprint density at radius 1 is 1.33 bits per heavy atom. The number of hydrogen-bond acceptors (Lipinski definition) is 3. The Labute approximate surface area is 133 Å². The van der Waals surface area contributed by atoms with E-state index in [1.807, 2.05) is 24.3 Å². The van der Waals surface area contributed by atoms with E-state index >= 15 is 0 Å². The van der Waals surface area contributed by atoms with Crippen LogP contribution in [0.2, 0.25) is 0 Å². The lowest BCUT2D eigenvalue weighted by atomic mass is 10.1. The Hall–Kier alpha value is -1.62. The molecule has 0 radical (unpaired) electrons. The maximum absolute atomic E-state index is 12.4. The molecule has 0 spiro atoms. The zero-order valence-corrected chi connectivity index (χ0v) is 13.9. The maximum Gasteiger partial charge on any atom is 0.182 e. The molecule has 0 atom stereocenters. The van der Waals surface area contributed by atoms with Crippen molar-refractivity contribution in [3.05, 3.63) is 46.2 Å². The maximum atomic E-state index is 12.4. The van der Waals surface area contributed by atoms with Gasteiger partial charge < -0.3 is 4.74 Å². The molecule has 0 saturated carbocycles. The van der Waals surface area contributed by atoms with Crippen LogP contribution in [0.25, 0.3) is 0 Å². The molecule has 0 bridgehead atoms. The summed E-state index contributed by atoms with van der Waals surface area (Å²) in [5.74, 6) is 0.942. The number of Topliss-reactive ketones (excluding diaryl/α,β-unsaturated/α-hetero) is 1. The topological polar surface area (TPSA) is 44.1 Å². The molecule has 1 aromatic carbocycles. The lowest BCUT2D eigenvalue weighted by molar-refractivity contribution is 0.0971. The fourth-order valence-corrected chi connectivity index (χ4v) is 2.71. The zero-order chi connectivity index (χ0) is 15.2. The third-order valence-electron chi connectivity index (χ3n) is 3.29. The van der Waals surface area contributed by atoms with Crippen LogP contribution < -0.4 is 4.74 Å². The highest BCUT2D eigenvalue weighted by atomic mass is 79.9. The summed E-state index contributed by atoms with van der Waals surface area (Å²) in [7, 11) is 1.64. The number of ketones is 1. The Balaban J connectivity index is 2.02. The van der Waals surface area contributed by atoms with Gasteiger partial charge in [0.05, 0.1) is 17.8 Å². The SMILES string of the molecule is CCCn1ncc(Br)c1C(=O)CCc1ccc(OC)cc1. The van der Waals surface area contributed by atoms with Gasteiger partial charge in [-0.25, -0.2) is 0 Å². The normalized spacial score (nSPS) is 10.6. The van der Waals surface area contributed by atoms with Crippen LogP contribution in [0.5, 0.6) is 5.75 Å². The Bertz CT molecular complexity index is 605. The molecular formula is C16H19BrN2O2. The number of aromatic nitrogens is 2. The molecule has 0 saturated heterocycles. The summed E-state index contributed by atoms with van der Waals surface area (Å²) in [6, 6.07) is 7.81. The van der Waals surface area contributed by atoms with Gasteiger partial charge in [-0.05, 0) is 46.5 Å². The minimum Gasteiger partial charge on any atom is -0.497 e. The number of hydrogen-bond donors (Lipinski definition) is 0. The number of nitrogens with zero attached hydrogens (tertiary/aromatic N) is 2. The Kier molecular flexibility index (Phi) is 5.56. The molecule has 0 aliphatic rings. The summed E-state index contributed by atoms with van der Waals surface area (Å²) < 4.78 is 7.68. The monoisotopic (exact) mass is 350 g/mol. The van der Waals surface area contributed by atoms with Crippen LogP contribution >= 0.6 is 15.9 Å². The molecule has 5 heteroatoms. The van der Waals surface area contributed by atoms with Gasteiger partial charge in [-0.15, -0.1) is 0 Å². The number of benzene rings is 1. The van der Waals surface area contributed by atoms with Crippen LogP contribution in [0.15, 0.2) is 34.9 Å². The van der Waals surface area contributed by atoms with E-state index in [-0.39, 0.29) is 5.78 Å². The van der Waals surface area contributed by atoms with Gasteiger partial charge >= 0.3 is 0 Å². The molecule has 1 heterocycles. The van der Waals surface area contributed by atoms with E-state index in [9.17, 15) is 4.79 Å². The highest BCUT2D eigenvalue weighted by Gasteiger charge is 2.16. The summed E-state index contributed by atoms with van der Waals surface area (Å²) >= 11 is 3.41. The van der Waals surface area contributed by atoms with Crippen molar-refractivity contribution in [2.45, 2.75) is 32.7 Å². The number of halogens is 1. The summed E-state index contributed by atoms with van der Waals surface area (Å²) in [5, 5.41) is 4.24. The smallest absolute Gasteiger partial charge is 0.182 e. The second-order valence-electron chi connectivity index (χ2n) is 4.84. The van der Waals surface area contributed by atoms with Gasteiger partial charge in [-0.2, -0.15) is 5.10 Å². The second-order valence-corrected chi connectivity index (χ2v) is 5.69. The Morgan fingerprint density at radius 2 is 2.05 bits per heavy atom. The van der Waals surface area contributed by atoms with Crippen molar-refractivity contribution in [2.24, 2.45) is 0 Å². The van der Waals surface area contributed by atoms with Crippen molar-refractivity contribution < 1.29 is 9.53 Å². The predicted octanol–water partition coefficient (Wildman–Crippen LogP) is 3.88. The van der Waals surface area contributed by atoms with E-state index in [1.165, 1.54) is 0 Å². The van der Waals surface area contributed by atoms with Crippen LogP contribution in [-0.2, 0) is 13.0 Å². The average molecular weight is 351 g/mol. The summed E-state index contributed by atoms with van der Waals surface area (Å²) in [5.41, 5.74) is 1.80. The standard InChI is InChI=1S/C16H19BrN2O2/c1-3-10-19-16(14(17)11-18-19)15(20)9-6-12-4-7-13(21-2)8-5-12/h4-5,7-8,11H,3,6,9-10H2,1-2H3. The molecule has 0 unspecified atom stereocenters. The number of aryl methyl sites for hydroxylation is 2. The largest absolute Gasteiger partial charge is 0.497 e.